The minimum atomic E-state index is -1.02. The van der Waals surface area contributed by atoms with Crippen molar-refractivity contribution in [2.45, 2.75) is 19.4 Å². The molecule has 0 bridgehead atoms. The van der Waals surface area contributed by atoms with Crippen molar-refractivity contribution in [3.63, 3.8) is 0 Å². The zero-order valence-electron chi connectivity index (χ0n) is 11.3. The van der Waals surface area contributed by atoms with E-state index in [4.69, 9.17) is 15.6 Å². The number of benzene rings is 1. The maximum Gasteiger partial charge on any atom is 0.335 e. The summed E-state index contributed by atoms with van der Waals surface area (Å²) in [7, 11) is 0. The van der Waals surface area contributed by atoms with E-state index in [1.807, 2.05) is 26.0 Å². The number of carbonyl (C=O) groups is 1. The fourth-order valence-corrected chi connectivity index (χ4v) is 1.83. The minimum Gasteiger partial charge on any atom is -0.481 e. The van der Waals surface area contributed by atoms with Gasteiger partial charge in [-0.2, -0.15) is 0 Å². The number of carboxylic acids is 1. The van der Waals surface area contributed by atoms with Gasteiger partial charge in [0.1, 0.15) is 11.4 Å². The van der Waals surface area contributed by atoms with Crippen molar-refractivity contribution in [1.29, 1.82) is 0 Å². The third-order valence-corrected chi connectivity index (χ3v) is 2.98. The molecule has 104 valence electrons. The molecular formula is C15H16N2O3. The van der Waals surface area contributed by atoms with Gasteiger partial charge in [-0.15, -0.1) is 0 Å². The van der Waals surface area contributed by atoms with Crippen LogP contribution in [0, 0.1) is 0 Å². The number of nitrogens with zero attached hydrogens (tertiary/aromatic N) is 1. The first-order valence-electron chi connectivity index (χ1n) is 6.12. The van der Waals surface area contributed by atoms with Gasteiger partial charge in [-0.1, -0.05) is 6.07 Å². The first-order chi connectivity index (χ1) is 9.40. The van der Waals surface area contributed by atoms with Crippen LogP contribution in [0.15, 0.2) is 42.7 Å². The van der Waals surface area contributed by atoms with Crippen LogP contribution in [-0.4, -0.2) is 16.1 Å². The SMILES string of the molecule is CC(C)(Oc1ccc(C(=O)O)cc1N)c1cccnc1. The number of aromatic nitrogens is 1. The third kappa shape index (κ3) is 2.88. The molecule has 0 unspecified atom stereocenters. The second kappa shape index (κ2) is 5.21. The molecule has 0 radical (unpaired) electrons. The van der Waals surface area contributed by atoms with Gasteiger partial charge in [0, 0.05) is 18.0 Å². The number of rotatable bonds is 4. The van der Waals surface area contributed by atoms with Gasteiger partial charge < -0.3 is 15.6 Å². The normalized spacial score (nSPS) is 11.1. The van der Waals surface area contributed by atoms with E-state index in [1.165, 1.54) is 12.1 Å². The average molecular weight is 272 g/mol. The van der Waals surface area contributed by atoms with Crippen LogP contribution in [0.4, 0.5) is 5.69 Å². The minimum absolute atomic E-state index is 0.133. The van der Waals surface area contributed by atoms with Crippen LogP contribution in [0.25, 0.3) is 0 Å². The quantitative estimate of drug-likeness (QED) is 0.836. The van der Waals surface area contributed by atoms with Crippen molar-refractivity contribution in [2.24, 2.45) is 0 Å². The van der Waals surface area contributed by atoms with Crippen molar-refractivity contribution < 1.29 is 14.6 Å². The van der Waals surface area contributed by atoms with Gasteiger partial charge in [0.05, 0.1) is 11.3 Å². The van der Waals surface area contributed by atoms with Gasteiger partial charge in [-0.25, -0.2) is 4.79 Å². The molecule has 3 N–H and O–H groups in total. The number of hydrogen-bond donors (Lipinski definition) is 2. The van der Waals surface area contributed by atoms with Gasteiger partial charge >= 0.3 is 5.97 Å². The molecule has 0 aliphatic heterocycles. The second-order valence-corrected chi connectivity index (χ2v) is 4.91. The number of anilines is 1. The van der Waals surface area contributed by atoms with Crippen molar-refractivity contribution in [3.8, 4) is 5.75 Å². The number of ether oxygens (including phenoxy) is 1. The lowest BCUT2D eigenvalue weighted by Crippen LogP contribution is -2.25. The van der Waals surface area contributed by atoms with E-state index in [9.17, 15) is 4.79 Å². The van der Waals surface area contributed by atoms with Crippen LogP contribution in [0.5, 0.6) is 5.75 Å². The van der Waals surface area contributed by atoms with Crippen molar-refractivity contribution >= 4 is 11.7 Å². The molecule has 2 rings (SSSR count). The lowest BCUT2D eigenvalue weighted by molar-refractivity contribution is 0.0697. The highest BCUT2D eigenvalue weighted by Gasteiger charge is 2.24. The number of pyridine rings is 1. The molecule has 0 atom stereocenters. The van der Waals surface area contributed by atoms with Gasteiger partial charge in [0.15, 0.2) is 0 Å². The summed E-state index contributed by atoms with van der Waals surface area (Å²) in [5, 5.41) is 8.91. The van der Waals surface area contributed by atoms with Crippen LogP contribution in [0.3, 0.4) is 0 Å². The van der Waals surface area contributed by atoms with E-state index in [1.54, 1.807) is 18.5 Å². The summed E-state index contributed by atoms with van der Waals surface area (Å²) in [4.78, 5) is 14.9. The first kappa shape index (κ1) is 13.9. The highest BCUT2D eigenvalue weighted by molar-refractivity contribution is 5.89. The molecule has 0 spiro atoms. The molecular weight excluding hydrogens is 256 g/mol. The molecule has 0 aliphatic carbocycles. The summed E-state index contributed by atoms with van der Waals surface area (Å²) in [6.45, 7) is 3.79. The largest absolute Gasteiger partial charge is 0.481 e. The fraction of sp³-hybridized carbons (Fsp3) is 0.200. The number of carboxylic acid groups (broad SMARTS) is 1. The summed E-state index contributed by atoms with van der Waals surface area (Å²) in [5.74, 6) is -0.571. The Kier molecular flexibility index (Phi) is 3.61. The van der Waals surface area contributed by atoms with Crippen LogP contribution in [0.2, 0.25) is 0 Å². The predicted octanol–water partition coefficient (Wildman–Crippen LogP) is 2.68. The Morgan fingerprint density at radius 1 is 1.35 bits per heavy atom. The topological polar surface area (TPSA) is 85.4 Å². The standard InChI is InChI=1S/C15H16N2O3/c1-15(2,11-4-3-7-17-9-11)20-13-6-5-10(14(18)19)8-12(13)16/h3-9H,16H2,1-2H3,(H,18,19). The molecule has 0 aliphatic rings. The summed E-state index contributed by atoms with van der Waals surface area (Å²) < 4.78 is 5.90. The van der Waals surface area contributed by atoms with E-state index in [0.717, 1.165) is 5.56 Å². The van der Waals surface area contributed by atoms with Crippen LogP contribution < -0.4 is 10.5 Å². The summed E-state index contributed by atoms with van der Waals surface area (Å²) in [6.07, 6.45) is 3.41. The Morgan fingerprint density at radius 3 is 2.65 bits per heavy atom. The first-order valence-corrected chi connectivity index (χ1v) is 6.12. The molecule has 0 saturated heterocycles. The highest BCUT2D eigenvalue weighted by Crippen LogP contribution is 2.31. The maximum atomic E-state index is 10.9. The predicted molar refractivity (Wildman–Crippen MR) is 75.7 cm³/mol. The Hall–Kier alpha value is -2.56. The summed E-state index contributed by atoms with van der Waals surface area (Å²) in [5.41, 5.74) is 6.55. The Morgan fingerprint density at radius 2 is 2.10 bits per heavy atom. The zero-order valence-corrected chi connectivity index (χ0v) is 11.3. The number of aromatic carboxylic acids is 1. The molecule has 1 aromatic heterocycles. The molecule has 5 heteroatoms. The van der Waals surface area contributed by atoms with Crippen LogP contribution in [-0.2, 0) is 5.60 Å². The lowest BCUT2D eigenvalue weighted by atomic mass is 10.00. The smallest absolute Gasteiger partial charge is 0.335 e. The second-order valence-electron chi connectivity index (χ2n) is 4.91. The molecule has 0 amide bonds. The number of hydrogen-bond acceptors (Lipinski definition) is 4. The van der Waals surface area contributed by atoms with Crippen molar-refractivity contribution in [3.05, 3.63) is 53.9 Å². The third-order valence-electron chi connectivity index (χ3n) is 2.98. The monoisotopic (exact) mass is 272 g/mol. The van der Waals surface area contributed by atoms with Crippen molar-refractivity contribution in [1.82, 2.24) is 4.98 Å². The van der Waals surface area contributed by atoms with E-state index >= 15 is 0 Å². The molecule has 1 aromatic carbocycles. The van der Waals surface area contributed by atoms with Crippen molar-refractivity contribution in [2.75, 3.05) is 5.73 Å². The van der Waals surface area contributed by atoms with E-state index < -0.39 is 11.6 Å². The zero-order chi connectivity index (χ0) is 14.8. The van der Waals surface area contributed by atoms with Crippen LogP contribution >= 0.6 is 0 Å². The molecule has 1 heterocycles. The fourth-order valence-electron chi connectivity index (χ4n) is 1.83. The average Bonchev–Trinajstić information content (AvgIpc) is 2.41. The molecule has 20 heavy (non-hydrogen) atoms. The summed E-state index contributed by atoms with van der Waals surface area (Å²) in [6, 6.07) is 8.16. The molecule has 2 aromatic rings. The lowest BCUT2D eigenvalue weighted by Gasteiger charge is -2.27. The summed E-state index contributed by atoms with van der Waals surface area (Å²) >= 11 is 0. The van der Waals surface area contributed by atoms with E-state index in [2.05, 4.69) is 4.98 Å². The number of nitrogen functional groups attached to an aromatic ring is 1. The Labute approximate surface area is 117 Å². The molecule has 0 fully saturated rings. The van der Waals surface area contributed by atoms with Gasteiger partial charge in [-0.05, 0) is 38.1 Å². The maximum absolute atomic E-state index is 10.9. The highest BCUT2D eigenvalue weighted by atomic mass is 16.5. The van der Waals surface area contributed by atoms with E-state index in [0.29, 0.717) is 11.4 Å². The Bertz CT molecular complexity index is 624. The van der Waals surface area contributed by atoms with Gasteiger partial charge in [-0.3, -0.25) is 4.98 Å². The van der Waals surface area contributed by atoms with E-state index in [-0.39, 0.29) is 5.56 Å². The van der Waals surface area contributed by atoms with Gasteiger partial charge in [0.25, 0.3) is 0 Å². The van der Waals surface area contributed by atoms with Crippen LogP contribution in [0.1, 0.15) is 29.8 Å². The molecule has 0 saturated carbocycles. The number of nitrogens with two attached hydrogens (primary N) is 1. The Balaban J connectivity index is 2.28. The van der Waals surface area contributed by atoms with Gasteiger partial charge in [0.2, 0.25) is 0 Å². The molecule has 5 nitrogen and oxygen atoms in total.